The van der Waals surface area contributed by atoms with E-state index in [-0.39, 0.29) is 5.82 Å². The van der Waals surface area contributed by atoms with Gasteiger partial charge in [0.05, 0.1) is 5.69 Å². The molecule has 5 rings (SSSR count). The van der Waals surface area contributed by atoms with E-state index in [2.05, 4.69) is 19.9 Å². The summed E-state index contributed by atoms with van der Waals surface area (Å²) in [4.78, 5) is 17.6. The molecule has 5 heteroatoms. The molecule has 0 N–H and O–H groups in total. The number of pyridine rings is 2. The number of aromatic nitrogens is 4. The molecule has 0 radical (unpaired) electrons. The molecular formula is C22H13FN4. The van der Waals surface area contributed by atoms with Gasteiger partial charge >= 0.3 is 0 Å². The number of halogens is 1. The van der Waals surface area contributed by atoms with Crippen molar-refractivity contribution in [3.8, 4) is 22.4 Å². The molecule has 0 spiro atoms. The Kier molecular flexibility index (Phi) is 3.57. The van der Waals surface area contributed by atoms with Crippen LogP contribution in [0.4, 0.5) is 4.39 Å². The quantitative estimate of drug-likeness (QED) is 0.446. The molecule has 0 atom stereocenters. The molecule has 0 amide bonds. The van der Waals surface area contributed by atoms with Gasteiger partial charge in [-0.15, -0.1) is 0 Å². The van der Waals surface area contributed by atoms with Crippen LogP contribution in [0.25, 0.3) is 44.3 Å². The third-order valence-corrected chi connectivity index (χ3v) is 4.56. The summed E-state index contributed by atoms with van der Waals surface area (Å²) in [6.45, 7) is 0. The summed E-state index contributed by atoms with van der Waals surface area (Å²) in [6.07, 6.45) is 6.82. The Bertz CT molecular complexity index is 1290. The van der Waals surface area contributed by atoms with Crippen LogP contribution >= 0.6 is 0 Å². The van der Waals surface area contributed by atoms with E-state index in [4.69, 9.17) is 0 Å². The lowest BCUT2D eigenvalue weighted by molar-refractivity contribution is 0.631. The first kappa shape index (κ1) is 15.5. The molecule has 3 aromatic heterocycles. The van der Waals surface area contributed by atoms with E-state index in [0.717, 1.165) is 21.9 Å². The van der Waals surface area contributed by atoms with Gasteiger partial charge in [-0.1, -0.05) is 30.3 Å². The number of fused-ring (bicyclic) bond motifs is 2. The highest BCUT2D eigenvalue weighted by atomic mass is 19.1. The normalized spacial score (nSPS) is 11.1. The van der Waals surface area contributed by atoms with E-state index in [1.54, 1.807) is 36.8 Å². The van der Waals surface area contributed by atoms with Crippen molar-refractivity contribution in [3.05, 3.63) is 85.2 Å². The zero-order valence-corrected chi connectivity index (χ0v) is 14.2. The van der Waals surface area contributed by atoms with Crippen LogP contribution in [0.1, 0.15) is 0 Å². The van der Waals surface area contributed by atoms with Crippen LogP contribution in [0.2, 0.25) is 0 Å². The maximum Gasteiger partial charge on any atom is 0.179 e. The van der Waals surface area contributed by atoms with Crippen LogP contribution in [0.15, 0.2) is 79.4 Å². The van der Waals surface area contributed by atoms with E-state index in [1.807, 2.05) is 36.5 Å². The summed E-state index contributed by atoms with van der Waals surface area (Å²) in [7, 11) is 0. The van der Waals surface area contributed by atoms with Gasteiger partial charge in [0.2, 0.25) is 0 Å². The smallest absolute Gasteiger partial charge is 0.179 e. The van der Waals surface area contributed by atoms with Crippen molar-refractivity contribution in [1.29, 1.82) is 0 Å². The molecule has 0 aliphatic rings. The summed E-state index contributed by atoms with van der Waals surface area (Å²) >= 11 is 0. The first-order valence-corrected chi connectivity index (χ1v) is 8.51. The molecule has 3 heterocycles. The zero-order valence-electron chi connectivity index (χ0n) is 14.2. The van der Waals surface area contributed by atoms with E-state index in [0.29, 0.717) is 22.4 Å². The zero-order chi connectivity index (χ0) is 18.2. The minimum atomic E-state index is -0.318. The lowest BCUT2D eigenvalue weighted by Crippen LogP contribution is -1.95. The second-order valence-corrected chi connectivity index (χ2v) is 6.17. The number of hydrogen-bond donors (Lipinski definition) is 0. The van der Waals surface area contributed by atoms with Crippen molar-refractivity contribution in [3.63, 3.8) is 0 Å². The Labute approximate surface area is 154 Å². The van der Waals surface area contributed by atoms with Crippen LogP contribution in [0, 0.1) is 5.82 Å². The first-order valence-electron chi connectivity index (χ1n) is 8.51. The average Bonchev–Trinajstić information content (AvgIpc) is 2.73. The number of benzene rings is 2. The summed E-state index contributed by atoms with van der Waals surface area (Å²) in [5, 5.41) is 2.07. The lowest BCUT2D eigenvalue weighted by Gasteiger charge is -2.11. The van der Waals surface area contributed by atoms with Crippen LogP contribution < -0.4 is 0 Å². The number of rotatable bonds is 2. The highest BCUT2D eigenvalue weighted by Crippen LogP contribution is 2.34. The SMILES string of the molecule is Fc1ccccc1-c1cc(-c2cccc3cnccc23)c2nccnc2n1. The highest BCUT2D eigenvalue weighted by Gasteiger charge is 2.15. The van der Waals surface area contributed by atoms with Gasteiger partial charge in [0.1, 0.15) is 11.3 Å². The molecule has 27 heavy (non-hydrogen) atoms. The van der Waals surface area contributed by atoms with Crippen LogP contribution in [0.5, 0.6) is 0 Å². The molecule has 5 aromatic rings. The van der Waals surface area contributed by atoms with E-state index in [9.17, 15) is 4.39 Å². The fraction of sp³-hybridized carbons (Fsp3) is 0. The van der Waals surface area contributed by atoms with E-state index >= 15 is 0 Å². The van der Waals surface area contributed by atoms with Crippen molar-refractivity contribution in [2.45, 2.75) is 0 Å². The molecule has 0 aliphatic heterocycles. The van der Waals surface area contributed by atoms with Crippen LogP contribution in [0.3, 0.4) is 0 Å². The monoisotopic (exact) mass is 352 g/mol. The van der Waals surface area contributed by atoms with Gasteiger partial charge in [-0.2, -0.15) is 0 Å². The second kappa shape index (κ2) is 6.21. The molecule has 128 valence electrons. The van der Waals surface area contributed by atoms with Crippen LogP contribution in [-0.4, -0.2) is 19.9 Å². The Hall–Kier alpha value is -3.73. The maximum atomic E-state index is 14.4. The first-order chi connectivity index (χ1) is 13.3. The van der Waals surface area contributed by atoms with Crippen molar-refractivity contribution in [2.75, 3.05) is 0 Å². The summed E-state index contributed by atoms with van der Waals surface area (Å²) in [6, 6.07) is 16.5. The Balaban J connectivity index is 1.87. The van der Waals surface area contributed by atoms with Gasteiger partial charge < -0.3 is 0 Å². The molecule has 4 nitrogen and oxygen atoms in total. The largest absolute Gasteiger partial charge is 0.264 e. The third-order valence-electron chi connectivity index (χ3n) is 4.56. The summed E-state index contributed by atoms with van der Waals surface area (Å²) < 4.78 is 14.4. The molecule has 0 saturated carbocycles. The van der Waals surface area contributed by atoms with Gasteiger partial charge in [-0.25, -0.2) is 14.4 Å². The Morgan fingerprint density at radius 3 is 2.52 bits per heavy atom. The number of hydrogen-bond acceptors (Lipinski definition) is 4. The van der Waals surface area contributed by atoms with Crippen LogP contribution in [-0.2, 0) is 0 Å². The van der Waals surface area contributed by atoms with Crippen molar-refractivity contribution >= 4 is 21.9 Å². The predicted molar refractivity (Wildman–Crippen MR) is 103 cm³/mol. The highest BCUT2D eigenvalue weighted by molar-refractivity contribution is 6.03. The molecule has 0 bridgehead atoms. The van der Waals surface area contributed by atoms with Gasteiger partial charge in [0.15, 0.2) is 5.65 Å². The maximum absolute atomic E-state index is 14.4. The minimum Gasteiger partial charge on any atom is -0.264 e. The molecular weight excluding hydrogens is 339 g/mol. The molecule has 2 aromatic carbocycles. The van der Waals surface area contributed by atoms with Crippen molar-refractivity contribution < 1.29 is 4.39 Å². The van der Waals surface area contributed by atoms with E-state index in [1.165, 1.54) is 6.07 Å². The van der Waals surface area contributed by atoms with Gasteiger partial charge in [-0.3, -0.25) is 9.97 Å². The average molecular weight is 352 g/mol. The Morgan fingerprint density at radius 2 is 1.59 bits per heavy atom. The summed E-state index contributed by atoms with van der Waals surface area (Å²) in [5.74, 6) is -0.318. The fourth-order valence-electron chi connectivity index (χ4n) is 3.32. The Morgan fingerprint density at radius 1 is 0.741 bits per heavy atom. The van der Waals surface area contributed by atoms with Crippen molar-refractivity contribution in [1.82, 2.24) is 19.9 Å². The third kappa shape index (κ3) is 2.60. The van der Waals surface area contributed by atoms with Gasteiger partial charge in [0.25, 0.3) is 0 Å². The van der Waals surface area contributed by atoms with Gasteiger partial charge in [0, 0.05) is 41.3 Å². The van der Waals surface area contributed by atoms with Crippen molar-refractivity contribution in [2.24, 2.45) is 0 Å². The minimum absolute atomic E-state index is 0.318. The molecule has 0 unspecified atom stereocenters. The standard InChI is InChI=1S/C22H13FN4/c23-19-7-2-1-5-17(19)20-12-18(21-22(27-20)26-11-10-25-21)16-6-3-4-14-13-24-9-8-15(14)16/h1-13H. The molecule has 0 fully saturated rings. The molecule has 0 saturated heterocycles. The number of nitrogens with zero attached hydrogens (tertiary/aromatic N) is 4. The molecule has 0 aliphatic carbocycles. The second-order valence-electron chi connectivity index (χ2n) is 6.17. The topological polar surface area (TPSA) is 51.6 Å². The fourth-order valence-corrected chi connectivity index (χ4v) is 3.32. The summed E-state index contributed by atoms with van der Waals surface area (Å²) in [5.41, 5.74) is 3.99. The van der Waals surface area contributed by atoms with E-state index < -0.39 is 0 Å². The van der Waals surface area contributed by atoms with Gasteiger partial charge in [-0.05, 0) is 35.2 Å². The lowest BCUT2D eigenvalue weighted by atomic mass is 9.97. The predicted octanol–water partition coefficient (Wildman–Crippen LogP) is 5.05.